The van der Waals surface area contributed by atoms with Gasteiger partial charge in [0.1, 0.15) is 11.4 Å². The van der Waals surface area contributed by atoms with Crippen LogP contribution in [0.3, 0.4) is 0 Å². The number of aryl methyl sites for hydroxylation is 1. The number of nitrogens with two attached hydrogens (primary N) is 1. The summed E-state index contributed by atoms with van der Waals surface area (Å²) in [4.78, 5) is 30.1. The van der Waals surface area contributed by atoms with E-state index in [0.29, 0.717) is 5.56 Å². The van der Waals surface area contributed by atoms with Gasteiger partial charge in [0.15, 0.2) is 0 Å². The van der Waals surface area contributed by atoms with E-state index in [-0.39, 0.29) is 47.9 Å². The molecule has 1 aliphatic rings. The van der Waals surface area contributed by atoms with E-state index in [1.807, 2.05) is 0 Å². The fraction of sp³-hybridized carbons (Fsp3) is 0.316. The number of alkyl halides is 3. The van der Waals surface area contributed by atoms with Crippen molar-refractivity contribution in [3.05, 3.63) is 52.2 Å². The highest BCUT2D eigenvalue weighted by atomic mass is 19.4. The molecule has 1 aromatic heterocycles. The molecule has 9 heteroatoms. The fourth-order valence-electron chi connectivity index (χ4n) is 3.24. The predicted octanol–water partition coefficient (Wildman–Crippen LogP) is 3.26. The molecule has 0 aliphatic carbocycles. The average Bonchev–Trinajstić information content (AvgIpc) is 2.91. The Balaban J connectivity index is 2.03. The Kier molecular flexibility index (Phi) is 5.01. The number of fused-ring (bicyclic) bond motifs is 1. The fourth-order valence-corrected chi connectivity index (χ4v) is 3.24. The van der Waals surface area contributed by atoms with Crippen LogP contribution in [0.1, 0.15) is 39.7 Å². The first kappa shape index (κ1) is 19.7. The van der Waals surface area contributed by atoms with Gasteiger partial charge in [-0.3, -0.25) is 9.69 Å². The van der Waals surface area contributed by atoms with Crippen molar-refractivity contribution in [1.29, 1.82) is 0 Å². The number of carbonyl (C=O) groups is 2. The van der Waals surface area contributed by atoms with Crippen LogP contribution < -0.4 is 10.6 Å². The summed E-state index contributed by atoms with van der Waals surface area (Å²) in [7, 11) is 0. The lowest BCUT2D eigenvalue weighted by molar-refractivity contribution is -0.138. The smallest absolute Gasteiger partial charge is 0.416 e. The normalized spacial score (nSPS) is 13.6. The summed E-state index contributed by atoms with van der Waals surface area (Å²) in [6, 6.07) is 5.05. The Morgan fingerprint density at radius 1 is 1.32 bits per heavy atom. The maximum atomic E-state index is 13.3. The number of ether oxygens (including phenoxy) is 1. The molecule has 0 fully saturated rings. The first-order chi connectivity index (χ1) is 13.1. The number of pyridine rings is 1. The minimum Gasteiger partial charge on any atom is -0.462 e. The van der Waals surface area contributed by atoms with Crippen LogP contribution in [0.15, 0.2) is 24.3 Å². The topological polar surface area (TPSA) is 85.5 Å². The Labute approximate surface area is 159 Å². The second-order valence-corrected chi connectivity index (χ2v) is 6.32. The molecule has 2 N–H and O–H groups in total. The van der Waals surface area contributed by atoms with Crippen molar-refractivity contribution in [3.8, 4) is 0 Å². The molecule has 0 saturated heterocycles. The molecule has 2 aromatic rings. The molecule has 0 spiro atoms. The molecule has 1 aliphatic heterocycles. The summed E-state index contributed by atoms with van der Waals surface area (Å²) in [6.45, 7) is 3.03. The van der Waals surface area contributed by atoms with E-state index in [1.165, 1.54) is 25.1 Å². The number of rotatable bonds is 4. The van der Waals surface area contributed by atoms with Crippen LogP contribution in [-0.4, -0.2) is 23.5 Å². The lowest BCUT2D eigenvalue weighted by Gasteiger charge is -2.21. The maximum Gasteiger partial charge on any atom is 0.416 e. The molecule has 0 atom stereocenters. The van der Waals surface area contributed by atoms with Crippen LogP contribution >= 0.6 is 0 Å². The van der Waals surface area contributed by atoms with Crippen molar-refractivity contribution in [3.63, 3.8) is 0 Å². The van der Waals surface area contributed by atoms with Gasteiger partial charge in [-0.15, -0.1) is 0 Å². The molecule has 3 rings (SSSR count). The van der Waals surface area contributed by atoms with Gasteiger partial charge < -0.3 is 10.5 Å². The van der Waals surface area contributed by atoms with Crippen LogP contribution in [0.25, 0.3) is 0 Å². The zero-order chi connectivity index (χ0) is 20.6. The summed E-state index contributed by atoms with van der Waals surface area (Å²) in [6.07, 6.45) is -4.69. The number of esters is 1. The molecular weight excluding hydrogens is 375 g/mol. The molecule has 6 nitrogen and oxygen atoms in total. The number of anilines is 2. The van der Waals surface area contributed by atoms with Crippen molar-refractivity contribution in [2.75, 3.05) is 17.2 Å². The van der Waals surface area contributed by atoms with E-state index in [2.05, 4.69) is 4.98 Å². The summed E-state index contributed by atoms with van der Waals surface area (Å²) in [5.74, 6) is -0.919. The Morgan fingerprint density at radius 2 is 2.00 bits per heavy atom. The van der Waals surface area contributed by atoms with E-state index < -0.39 is 23.6 Å². The number of amides is 1. The van der Waals surface area contributed by atoms with Crippen molar-refractivity contribution in [1.82, 2.24) is 4.98 Å². The van der Waals surface area contributed by atoms with Crippen molar-refractivity contribution >= 4 is 23.4 Å². The number of nitrogen functional groups attached to an aromatic ring is 1. The van der Waals surface area contributed by atoms with Gasteiger partial charge in [-0.05, 0) is 25.5 Å². The summed E-state index contributed by atoms with van der Waals surface area (Å²) in [5.41, 5.74) is 5.93. The maximum absolute atomic E-state index is 13.3. The van der Waals surface area contributed by atoms with Crippen LogP contribution in [0.2, 0.25) is 0 Å². The number of benzene rings is 1. The van der Waals surface area contributed by atoms with Gasteiger partial charge in [0.2, 0.25) is 5.91 Å². The third-order valence-corrected chi connectivity index (χ3v) is 4.52. The monoisotopic (exact) mass is 393 g/mol. The zero-order valence-electron chi connectivity index (χ0n) is 15.3. The average molecular weight is 393 g/mol. The largest absolute Gasteiger partial charge is 0.462 e. The number of carbonyl (C=O) groups excluding carboxylic acids is 2. The van der Waals surface area contributed by atoms with Crippen molar-refractivity contribution in [2.24, 2.45) is 0 Å². The molecule has 0 saturated carbocycles. The van der Waals surface area contributed by atoms with Gasteiger partial charge in [-0.2, -0.15) is 13.2 Å². The lowest BCUT2D eigenvalue weighted by atomic mass is 10.1. The Morgan fingerprint density at radius 3 is 2.64 bits per heavy atom. The van der Waals surface area contributed by atoms with E-state index in [0.717, 1.165) is 11.0 Å². The second-order valence-electron chi connectivity index (χ2n) is 6.32. The standard InChI is InChI=1S/C19H18F3N3O3/c1-3-28-18(27)15-10(2)24-17-12(16(15)23)8-14(26)25(17)9-11-6-4-5-7-13(11)19(20,21)22/h4-7H,3,8-9H2,1-2H3,(H2,23,24). The summed E-state index contributed by atoms with van der Waals surface area (Å²) < 4.78 is 44.8. The minimum atomic E-state index is -4.54. The number of aromatic nitrogens is 1. The Bertz CT molecular complexity index is 957. The van der Waals surface area contributed by atoms with Gasteiger partial charge in [0, 0.05) is 5.56 Å². The van der Waals surface area contributed by atoms with E-state index in [1.54, 1.807) is 6.92 Å². The van der Waals surface area contributed by atoms with Crippen LogP contribution in [0.5, 0.6) is 0 Å². The lowest BCUT2D eigenvalue weighted by Crippen LogP contribution is -2.28. The predicted molar refractivity (Wildman–Crippen MR) is 95.7 cm³/mol. The molecule has 148 valence electrons. The third-order valence-electron chi connectivity index (χ3n) is 4.52. The van der Waals surface area contributed by atoms with Crippen molar-refractivity contribution < 1.29 is 27.5 Å². The van der Waals surface area contributed by atoms with Gasteiger partial charge in [-0.25, -0.2) is 9.78 Å². The first-order valence-corrected chi connectivity index (χ1v) is 8.56. The SMILES string of the molecule is CCOC(=O)c1c(C)nc2c(c1N)CC(=O)N2Cc1ccccc1C(F)(F)F. The van der Waals surface area contributed by atoms with E-state index >= 15 is 0 Å². The molecular formula is C19H18F3N3O3. The van der Waals surface area contributed by atoms with Gasteiger partial charge in [0.05, 0.1) is 36.5 Å². The van der Waals surface area contributed by atoms with Crippen molar-refractivity contribution in [2.45, 2.75) is 33.0 Å². The Hall–Kier alpha value is -3.10. The molecule has 28 heavy (non-hydrogen) atoms. The highest BCUT2D eigenvalue weighted by Crippen LogP contribution is 2.38. The molecule has 0 radical (unpaired) electrons. The van der Waals surface area contributed by atoms with Crippen LogP contribution in [0, 0.1) is 6.92 Å². The van der Waals surface area contributed by atoms with Gasteiger partial charge >= 0.3 is 12.1 Å². The highest BCUT2D eigenvalue weighted by Gasteiger charge is 2.37. The number of halogens is 3. The number of nitrogens with zero attached hydrogens (tertiary/aromatic N) is 2. The second kappa shape index (κ2) is 7.14. The molecule has 1 aromatic carbocycles. The molecule has 0 unspecified atom stereocenters. The molecule has 1 amide bonds. The summed E-state index contributed by atoms with van der Waals surface area (Å²) in [5, 5.41) is 0. The van der Waals surface area contributed by atoms with Crippen LogP contribution in [-0.2, 0) is 28.7 Å². The highest BCUT2D eigenvalue weighted by molar-refractivity contribution is 6.05. The third kappa shape index (κ3) is 3.39. The zero-order valence-corrected chi connectivity index (χ0v) is 15.3. The quantitative estimate of drug-likeness (QED) is 0.806. The molecule has 2 heterocycles. The summed E-state index contributed by atoms with van der Waals surface area (Å²) >= 11 is 0. The number of hydrogen-bond acceptors (Lipinski definition) is 5. The molecule has 0 bridgehead atoms. The van der Waals surface area contributed by atoms with Gasteiger partial charge in [-0.1, -0.05) is 18.2 Å². The number of hydrogen-bond donors (Lipinski definition) is 1. The van der Waals surface area contributed by atoms with Crippen LogP contribution in [0.4, 0.5) is 24.7 Å². The first-order valence-electron chi connectivity index (χ1n) is 8.56. The minimum absolute atomic E-state index is 0.0521. The van der Waals surface area contributed by atoms with Gasteiger partial charge in [0.25, 0.3) is 0 Å². The van der Waals surface area contributed by atoms with E-state index in [9.17, 15) is 22.8 Å². The van der Waals surface area contributed by atoms with E-state index in [4.69, 9.17) is 10.5 Å².